The van der Waals surface area contributed by atoms with E-state index in [1.54, 1.807) is 11.3 Å². The van der Waals surface area contributed by atoms with Gasteiger partial charge in [-0.3, -0.25) is 0 Å². The van der Waals surface area contributed by atoms with Crippen LogP contribution in [0, 0.1) is 0 Å². The van der Waals surface area contributed by atoms with E-state index >= 15 is 0 Å². The molecule has 16 heavy (non-hydrogen) atoms. The van der Waals surface area contributed by atoms with Crippen molar-refractivity contribution in [1.82, 2.24) is 10.3 Å². The van der Waals surface area contributed by atoms with E-state index in [1.165, 1.54) is 23.5 Å². The number of nitrogens with one attached hydrogen (secondary N) is 1. The summed E-state index contributed by atoms with van der Waals surface area (Å²) in [4.78, 5) is 4.64. The predicted octanol–water partition coefficient (Wildman–Crippen LogP) is 3.59. The molecule has 1 N–H and O–H groups in total. The minimum atomic E-state index is 0.561. The molecule has 0 aliphatic rings. The molecule has 1 aromatic heterocycles. The molecule has 3 heteroatoms. The minimum absolute atomic E-state index is 0.561. The summed E-state index contributed by atoms with van der Waals surface area (Å²) >= 11 is 1.79. The molecule has 1 aromatic rings. The van der Waals surface area contributed by atoms with Gasteiger partial charge in [-0.1, -0.05) is 27.7 Å². The molecule has 0 unspecified atom stereocenters. The molecule has 0 saturated carbocycles. The topological polar surface area (TPSA) is 24.9 Å². The Kier molecular flexibility index (Phi) is 5.99. The van der Waals surface area contributed by atoms with E-state index in [2.05, 4.69) is 43.4 Å². The summed E-state index contributed by atoms with van der Waals surface area (Å²) in [6, 6.07) is 0.670. The second kappa shape index (κ2) is 7.02. The number of nitrogens with zero attached hydrogens (tertiary/aromatic N) is 1. The molecule has 2 nitrogen and oxygen atoms in total. The van der Waals surface area contributed by atoms with Crippen LogP contribution in [0.4, 0.5) is 0 Å². The van der Waals surface area contributed by atoms with Crippen LogP contribution in [0.1, 0.15) is 57.2 Å². The van der Waals surface area contributed by atoms with E-state index in [0.717, 1.165) is 13.0 Å². The molecule has 0 spiro atoms. The van der Waals surface area contributed by atoms with Crippen molar-refractivity contribution in [1.29, 1.82) is 0 Å². The Morgan fingerprint density at radius 1 is 1.31 bits per heavy atom. The van der Waals surface area contributed by atoms with Crippen molar-refractivity contribution in [3.05, 3.63) is 16.1 Å². The van der Waals surface area contributed by atoms with E-state index in [9.17, 15) is 0 Å². The summed E-state index contributed by atoms with van der Waals surface area (Å²) in [6.45, 7) is 9.92. The van der Waals surface area contributed by atoms with Crippen LogP contribution in [-0.4, -0.2) is 17.6 Å². The fourth-order valence-electron chi connectivity index (χ4n) is 1.68. The number of rotatable bonds is 7. The third kappa shape index (κ3) is 4.22. The van der Waals surface area contributed by atoms with Crippen molar-refractivity contribution in [2.24, 2.45) is 0 Å². The molecule has 0 aliphatic carbocycles. The highest BCUT2D eigenvalue weighted by atomic mass is 32.1. The van der Waals surface area contributed by atoms with Crippen molar-refractivity contribution in [2.75, 3.05) is 6.54 Å². The maximum Gasteiger partial charge on any atom is 0.0953 e. The molecule has 0 aromatic carbocycles. The summed E-state index contributed by atoms with van der Waals surface area (Å²) in [6.07, 6.45) is 3.48. The molecule has 0 amide bonds. The zero-order valence-electron chi connectivity index (χ0n) is 10.9. The van der Waals surface area contributed by atoms with Crippen LogP contribution in [-0.2, 0) is 6.42 Å². The van der Waals surface area contributed by atoms with Gasteiger partial charge < -0.3 is 5.32 Å². The standard InChI is InChI=1S/C13H24N2S/c1-5-11(6-2)14-8-7-12-9-16-13(15-12)10(3)4/h9-11,14H,5-8H2,1-4H3. The summed E-state index contributed by atoms with van der Waals surface area (Å²) in [5, 5.41) is 7.03. The van der Waals surface area contributed by atoms with E-state index in [-0.39, 0.29) is 0 Å². The Morgan fingerprint density at radius 3 is 2.50 bits per heavy atom. The molecule has 1 rings (SSSR count). The lowest BCUT2D eigenvalue weighted by molar-refractivity contribution is 0.487. The molecule has 0 radical (unpaired) electrons. The van der Waals surface area contributed by atoms with Crippen LogP contribution in [0.25, 0.3) is 0 Å². The normalized spacial score (nSPS) is 11.6. The minimum Gasteiger partial charge on any atom is -0.314 e. The van der Waals surface area contributed by atoms with Gasteiger partial charge in [0, 0.05) is 30.3 Å². The van der Waals surface area contributed by atoms with Gasteiger partial charge in [-0.05, 0) is 12.8 Å². The maximum atomic E-state index is 4.64. The molecule has 0 bridgehead atoms. The van der Waals surface area contributed by atoms with Gasteiger partial charge >= 0.3 is 0 Å². The van der Waals surface area contributed by atoms with Crippen molar-refractivity contribution in [3.63, 3.8) is 0 Å². The predicted molar refractivity (Wildman–Crippen MR) is 72.3 cm³/mol. The summed E-state index contributed by atoms with van der Waals surface area (Å²) < 4.78 is 0. The van der Waals surface area contributed by atoms with Gasteiger partial charge in [0.1, 0.15) is 0 Å². The highest BCUT2D eigenvalue weighted by Crippen LogP contribution is 2.19. The number of hydrogen-bond donors (Lipinski definition) is 1. The van der Waals surface area contributed by atoms with Gasteiger partial charge in [0.25, 0.3) is 0 Å². The van der Waals surface area contributed by atoms with E-state index < -0.39 is 0 Å². The molecule has 92 valence electrons. The van der Waals surface area contributed by atoms with Gasteiger partial charge in [0.15, 0.2) is 0 Å². The first-order valence-corrected chi connectivity index (χ1v) is 7.23. The zero-order chi connectivity index (χ0) is 12.0. The molecule has 0 fully saturated rings. The van der Waals surface area contributed by atoms with Crippen LogP contribution in [0.3, 0.4) is 0 Å². The first-order valence-electron chi connectivity index (χ1n) is 6.35. The van der Waals surface area contributed by atoms with Crippen LogP contribution in [0.15, 0.2) is 5.38 Å². The number of thiazole rings is 1. The monoisotopic (exact) mass is 240 g/mol. The van der Waals surface area contributed by atoms with Crippen LogP contribution in [0.2, 0.25) is 0 Å². The summed E-state index contributed by atoms with van der Waals surface area (Å²) in [5.41, 5.74) is 1.24. The van der Waals surface area contributed by atoms with Gasteiger partial charge in [0.05, 0.1) is 10.7 Å². The Balaban J connectivity index is 2.31. The maximum absolute atomic E-state index is 4.64. The zero-order valence-corrected chi connectivity index (χ0v) is 11.7. The number of hydrogen-bond acceptors (Lipinski definition) is 3. The smallest absolute Gasteiger partial charge is 0.0953 e. The Labute approximate surface area is 103 Å². The SMILES string of the molecule is CCC(CC)NCCc1csc(C(C)C)n1. The highest BCUT2D eigenvalue weighted by molar-refractivity contribution is 7.09. The first-order chi connectivity index (χ1) is 7.67. The van der Waals surface area contributed by atoms with Crippen molar-refractivity contribution >= 4 is 11.3 Å². The molecule has 0 saturated heterocycles. The quantitative estimate of drug-likeness (QED) is 0.788. The molecule has 0 aliphatic heterocycles. The fourth-order valence-corrected chi connectivity index (χ4v) is 2.55. The van der Waals surface area contributed by atoms with Gasteiger partial charge in [0.2, 0.25) is 0 Å². The lowest BCUT2D eigenvalue weighted by Crippen LogP contribution is -2.29. The van der Waals surface area contributed by atoms with Crippen molar-refractivity contribution < 1.29 is 0 Å². The molecular formula is C13H24N2S. The van der Waals surface area contributed by atoms with Crippen LogP contribution in [0.5, 0.6) is 0 Å². The molecule has 1 heterocycles. The largest absolute Gasteiger partial charge is 0.314 e. The lowest BCUT2D eigenvalue weighted by Gasteiger charge is -2.13. The van der Waals surface area contributed by atoms with Crippen LogP contribution < -0.4 is 5.32 Å². The Bertz CT molecular complexity index is 290. The van der Waals surface area contributed by atoms with Crippen molar-refractivity contribution in [2.45, 2.75) is 58.9 Å². The second-order valence-corrected chi connectivity index (χ2v) is 5.44. The van der Waals surface area contributed by atoms with E-state index in [4.69, 9.17) is 0 Å². The van der Waals surface area contributed by atoms with E-state index in [0.29, 0.717) is 12.0 Å². The number of aromatic nitrogens is 1. The Hall–Kier alpha value is -0.410. The average Bonchev–Trinajstić information content (AvgIpc) is 2.73. The summed E-state index contributed by atoms with van der Waals surface area (Å²) in [5.74, 6) is 0.561. The highest BCUT2D eigenvalue weighted by Gasteiger charge is 2.06. The van der Waals surface area contributed by atoms with Crippen LogP contribution >= 0.6 is 11.3 Å². The summed E-state index contributed by atoms with van der Waals surface area (Å²) in [7, 11) is 0. The molecular weight excluding hydrogens is 216 g/mol. The molecule has 0 atom stereocenters. The van der Waals surface area contributed by atoms with Gasteiger partial charge in [-0.15, -0.1) is 11.3 Å². The fraction of sp³-hybridized carbons (Fsp3) is 0.769. The average molecular weight is 240 g/mol. The third-order valence-corrected chi connectivity index (χ3v) is 4.06. The van der Waals surface area contributed by atoms with Gasteiger partial charge in [-0.2, -0.15) is 0 Å². The third-order valence-electron chi connectivity index (χ3n) is 2.86. The lowest BCUT2D eigenvalue weighted by atomic mass is 10.1. The first kappa shape index (κ1) is 13.7. The van der Waals surface area contributed by atoms with Crippen molar-refractivity contribution in [3.8, 4) is 0 Å². The van der Waals surface area contributed by atoms with Gasteiger partial charge in [-0.25, -0.2) is 4.98 Å². The van der Waals surface area contributed by atoms with E-state index in [1.807, 2.05) is 0 Å². The Morgan fingerprint density at radius 2 is 2.00 bits per heavy atom. The second-order valence-electron chi connectivity index (χ2n) is 4.55.